The van der Waals surface area contributed by atoms with E-state index < -0.39 is 12.2 Å². The first-order valence-electron chi connectivity index (χ1n) is 2.77. The van der Waals surface area contributed by atoms with Gasteiger partial charge >= 0.3 is 6.08 Å². The molecule has 0 heterocycles. The summed E-state index contributed by atoms with van der Waals surface area (Å²) in [6, 6.07) is 0. The van der Waals surface area contributed by atoms with Crippen LogP contribution in [0.3, 0.4) is 0 Å². The molecule has 0 N–H and O–H groups in total. The summed E-state index contributed by atoms with van der Waals surface area (Å²) in [6.07, 6.45) is -3.06. The molecule has 0 saturated heterocycles. The molecular formula is C6H6F4O. The van der Waals surface area contributed by atoms with E-state index in [0.717, 1.165) is 0 Å². The van der Waals surface area contributed by atoms with Gasteiger partial charge in [-0.15, -0.1) is 0 Å². The summed E-state index contributed by atoms with van der Waals surface area (Å²) in [6.45, 7) is -0.172. The molecule has 0 aromatic rings. The molecule has 0 amide bonds. The molecule has 0 radical (unpaired) electrons. The van der Waals surface area contributed by atoms with Crippen molar-refractivity contribution in [1.29, 1.82) is 0 Å². The first-order valence-corrected chi connectivity index (χ1v) is 2.77. The Balaban J connectivity index is 3.29. The van der Waals surface area contributed by atoms with Crippen LogP contribution in [0.1, 0.15) is 6.42 Å². The Bertz CT molecular complexity index is 138. The highest BCUT2D eigenvalue weighted by atomic mass is 19.3. The normalized spacial score (nSPS) is 8.73. The zero-order chi connectivity index (χ0) is 8.69. The second kappa shape index (κ2) is 5.76. The van der Waals surface area contributed by atoms with Crippen LogP contribution in [0.5, 0.6) is 0 Å². The molecule has 0 aliphatic heterocycles. The smallest absolute Gasteiger partial charge is 0.304 e. The minimum atomic E-state index is -1.98. The minimum absolute atomic E-state index is 0.0773. The van der Waals surface area contributed by atoms with Gasteiger partial charge in [0.1, 0.15) is 6.26 Å². The molecule has 1 nitrogen and oxygen atoms in total. The van der Waals surface area contributed by atoms with Gasteiger partial charge < -0.3 is 4.74 Å². The van der Waals surface area contributed by atoms with Gasteiger partial charge in [0.15, 0.2) is 0 Å². The van der Waals surface area contributed by atoms with Crippen molar-refractivity contribution >= 4 is 0 Å². The van der Waals surface area contributed by atoms with Gasteiger partial charge in [-0.05, 0) is 6.08 Å². The molecule has 0 bridgehead atoms. The molecule has 0 spiro atoms. The Labute approximate surface area is 61.0 Å². The van der Waals surface area contributed by atoms with Crippen LogP contribution in [0, 0.1) is 0 Å². The zero-order valence-electron chi connectivity index (χ0n) is 5.49. The predicted octanol–water partition coefficient (Wildman–Crippen LogP) is 2.91. The standard InChI is InChI=1S/C6H6F4O/c7-5(8)2-1-3-11-4-6(9)10/h2,4H,1,3H2. The maximum absolute atomic E-state index is 11.3. The number of rotatable bonds is 4. The topological polar surface area (TPSA) is 9.23 Å². The van der Waals surface area contributed by atoms with Gasteiger partial charge in [0, 0.05) is 6.42 Å². The van der Waals surface area contributed by atoms with E-state index in [0.29, 0.717) is 6.08 Å². The van der Waals surface area contributed by atoms with Crippen LogP contribution in [-0.2, 0) is 4.74 Å². The minimum Gasteiger partial charge on any atom is -0.495 e. The third-order valence-electron chi connectivity index (χ3n) is 0.707. The van der Waals surface area contributed by atoms with E-state index in [1.165, 1.54) is 0 Å². The second-order valence-corrected chi connectivity index (χ2v) is 1.56. The van der Waals surface area contributed by atoms with Crippen LogP contribution in [0.25, 0.3) is 0 Å². The molecule has 0 aromatic heterocycles. The lowest BCUT2D eigenvalue weighted by Crippen LogP contribution is -1.84. The van der Waals surface area contributed by atoms with Crippen LogP contribution >= 0.6 is 0 Å². The summed E-state index contributed by atoms with van der Waals surface area (Å²) >= 11 is 0. The van der Waals surface area contributed by atoms with Gasteiger partial charge in [-0.2, -0.15) is 17.6 Å². The first-order chi connectivity index (χ1) is 5.13. The fourth-order valence-corrected chi connectivity index (χ4v) is 0.358. The molecule has 11 heavy (non-hydrogen) atoms. The van der Waals surface area contributed by atoms with Crippen molar-refractivity contribution in [1.82, 2.24) is 0 Å². The highest BCUT2D eigenvalue weighted by Crippen LogP contribution is 2.00. The van der Waals surface area contributed by atoms with E-state index in [2.05, 4.69) is 4.74 Å². The third kappa shape index (κ3) is 9.00. The summed E-state index contributed by atoms with van der Waals surface area (Å²) in [5.41, 5.74) is 0. The van der Waals surface area contributed by atoms with E-state index >= 15 is 0 Å². The number of ether oxygens (including phenoxy) is 1. The fraction of sp³-hybridized carbons (Fsp3) is 0.333. The van der Waals surface area contributed by atoms with Gasteiger partial charge in [-0.3, -0.25) is 0 Å². The molecule has 0 saturated carbocycles. The number of halogens is 4. The van der Waals surface area contributed by atoms with E-state index in [-0.39, 0.29) is 19.3 Å². The Morgan fingerprint density at radius 3 is 2.18 bits per heavy atom. The van der Waals surface area contributed by atoms with Gasteiger partial charge in [0.25, 0.3) is 6.08 Å². The van der Waals surface area contributed by atoms with Crippen LogP contribution in [0.15, 0.2) is 24.5 Å². The van der Waals surface area contributed by atoms with Gasteiger partial charge in [0.05, 0.1) is 6.61 Å². The monoisotopic (exact) mass is 170 g/mol. The van der Waals surface area contributed by atoms with Crippen molar-refractivity contribution < 1.29 is 22.3 Å². The average molecular weight is 170 g/mol. The molecule has 0 atom stereocenters. The van der Waals surface area contributed by atoms with E-state index in [9.17, 15) is 17.6 Å². The van der Waals surface area contributed by atoms with Crippen molar-refractivity contribution in [2.45, 2.75) is 6.42 Å². The summed E-state index contributed by atoms with van der Waals surface area (Å²) < 4.78 is 49.1. The van der Waals surface area contributed by atoms with Crippen LogP contribution in [0.2, 0.25) is 0 Å². The number of hydrogen-bond donors (Lipinski definition) is 0. The Morgan fingerprint density at radius 2 is 1.73 bits per heavy atom. The lowest BCUT2D eigenvalue weighted by atomic mass is 10.4. The molecule has 0 aliphatic carbocycles. The van der Waals surface area contributed by atoms with Crippen molar-refractivity contribution in [3.8, 4) is 0 Å². The molecular weight excluding hydrogens is 164 g/mol. The number of hydrogen-bond acceptors (Lipinski definition) is 1. The molecule has 0 rings (SSSR count). The lowest BCUT2D eigenvalue weighted by molar-refractivity contribution is 0.228. The van der Waals surface area contributed by atoms with Crippen LogP contribution in [0.4, 0.5) is 17.6 Å². The molecule has 0 aliphatic rings. The van der Waals surface area contributed by atoms with E-state index in [1.54, 1.807) is 0 Å². The van der Waals surface area contributed by atoms with Crippen molar-refractivity contribution in [2.24, 2.45) is 0 Å². The molecule has 5 heteroatoms. The van der Waals surface area contributed by atoms with Crippen molar-refractivity contribution in [2.75, 3.05) is 6.61 Å². The highest BCUT2D eigenvalue weighted by molar-refractivity contribution is 4.80. The largest absolute Gasteiger partial charge is 0.495 e. The second-order valence-electron chi connectivity index (χ2n) is 1.56. The van der Waals surface area contributed by atoms with Gasteiger partial charge in [-0.25, -0.2) is 0 Å². The molecule has 0 aromatic carbocycles. The highest BCUT2D eigenvalue weighted by Gasteiger charge is 1.89. The molecule has 0 unspecified atom stereocenters. The third-order valence-corrected chi connectivity index (χ3v) is 0.707. The quantitative estimate of drug-likeness (QED) is 0.358. The van der Waals surface area contributed by atoms with Crippen molar-refractivity contribution in [3.63, 3.8) is 0 Å². The molecule has 0 fully saturated rings. The predicted molar refractivity (Wildman–Crippen MR) is 31.2 cm³/mol. The summed E-state index contributed by atoms with van der Waals surface area (Å²) in [5.74, 6) is 0. The Morgan fingerprint density at radius 1 is 1.09 bits per heavy atom. The average Bonchev–Trinajstić information content (AvgIpc) is 1.85. The summed E-state index contributed by atoms with van der Waals surface area (Å²) in [7, 11) is 0. The van der Waals surface area contributed by atoms with E-state index in [1.807, 2.05) is 0 Å². The summed E-state index contributed by atoms with van der Waals surface area (Å²) in [4.78, 5) is 0. The SMILES string of the molecule is FC(F)=CCCOC=C(F)F. The molecule has 64 valence electrons. The van der Waals surface area contributed by atoms with Crippen LogP contribution in [-0.4, -0.2) is 6.61 Å². The zero-order valence-corrected chi connectivity index (χ0v) is 5.49. The Hall–Kier alpha value is -1.00. The fourth-order valence-electron chi connectivity index (χ4n) is 0.358. The maximum Gasteiger partial charge on any atom is 0.304 e. The first kappa shape index (κ1) is 10.0. The maximum atomic E-state index is 11.3. The lowest BCUT2D eigenvalue weighted by Gasteiger charge is -1.93. The van der Waals surface area contributed by atoms with Gasteiger partial charge in [0.2, 0.25) is 0 Å². The summed E-state index contributed by atoms with van der Waals surface area (Å²) in [5, 5.41) is 0. The van der Waals surface area contributed by atoms with Crippen LogP contribution < -0.4 is 0 Å². The van der Waals surface area contributed by atoms with E-state index in [4.69, 9.17) is 0 Å². The van der Waals surface area contributed by atoms with Crippen molar-refractivity contribution in [3.05, 3.63) is 24.5 Å². The Kier molecular flexibility index (Phi) is 5.24. The van der Waals surface area contributed by atoms with Gasteiger partial charge in [-0.1, -0.05) is 0 Å².